The monoisotopic (exact) mass is 318 g/mol. The van der Waals surface area contributed by atoms with Crippen LogP contribution in [-0.2, 0) is 10.0 Å². The van der Waals surface area contributed by atoms with Crippen molar-refractivity contribution >= 4 is 21.6 Å². The van der Waals surface area contributed by atoms with Gasteiger partial charge in [-0.2, -0.15) is 4.31 Å². The lowest BCUT2D eigenvalue weighted by molar-refractivity contribution is 0.199. The fourth-order valence-corrected chi connectivity index (χ4v) is 4.73. The van der Waals surface area contributed by atoms with E-state index in [-0.39, 0.29) is 29.1 Å². The van der Waals surface area contributed by atoms with E-state index >= 15 is 0 Å². The molecule has 0 saturated heterocycles. The quantitative estimate of drug-likeness (QED) is 0.902. The Morgan fingerprint density at radius 1 is 1.35 bits per heavy atom. The Kier molecular flexibility index (Phi) is 5.37. The highest BCUT2D eigenvalue weighted by Crippen LogP contribution is 2.29. The zero-order chi connectivity index (χ0) is 14.6. The first-order chi connectivity index (χ1) is 9.57. The second kappa shape index (κ2) is 6.85. The number of aromatic nitrogens is 1. The second-order valence-electron chi connectivity index (χ2n) is 4.94. The highest BCUT2D eigenvalue weighted by atomic mass is 35.5. The maximum Gasteiger partial charge on any atom is 0.246 e. The third-order valence-electron chi connectivity index (χ3n) is 3.62. The number of pyridine rings is 1. The number of halogens is 1. The second-order valence-corrected chi connectivity index (χ2v) is 7.20. The van der Waals surface area contributed by atoms with Crippen LogP contribution in [-0.4, -0.2) is 42.0 Å². The van der Waals surface area contributed by atoms with Crippen LogP contribution in [0.3, 0.4) is 0 Å². The Labute approximate surface area is 124 Å². The first kappa shape index (κ1) is 15.7. The molecule has 0 spiro atoms. The molecule has 0 aromatic carbocycles. The van der Waals surface area contributed by atoms with Crippen molar-refractivity contribution in [2.45, 2.75) is 43.0 Å². The third-order valence-corrected chi connectivity index (χ3v) is 6.04. The summed E-state index contributed by atoms with van der Waals surface area (Å²) in [5, 5.41) is 9.36. The maximum atomic E-state index is 12.7. The van der Waals surface area contributed by atoms with E-state index in [1.54, 1.807) is 0 Å². The van der Waals surface area contributed by atoms with E-state index in [2.05, 4.69) is 4.98 Å². The van der Waals surface area contributed by atoms with E-state index in [4.69, 9.17) is 11.6 Å². The first-order valence-corrected chi connectivity index (χ1v) is 8.61. The zero-order valence-corrected chi connectivity index (χ0v) is 12.8. The average molecular weight is 319 g/mol. The predicted molar refractivity (Wildman–Crippen MR) is 77.1 cm³/mol. The van der Waals surface area contributed by atoms with Gasteiger partial charge < -0.3 is 5.11 Å². The molecule has 0 aliphatic heterocycles. The van der Waals surface area contributed by atoms with Gasteiger partial charge in [-0.05, 0) is 18.9 Å². The smallest absolute Gasteiger partial charge is 0.246 e. The fourth-order valence-electron chi connectivity index (χ4n) is 2.65. The number of aliphatic hydroxyl groups excluding tert-OH is 1. The molecule has 1 heterocycles. The molecule has 1 aromatic rings. The average Bonchev–Trinajstić information content (AvgIpc) is 2.45. The van der Waals surface area contributed by atoms with Crippen molar-refractivity contribution < 1.29 is 13.5 Å². The molecule has 1 saturated carbocycles. The van der Waals surface area contributed by atoms with Crippen LogP contribution in [0.25, 0.3) is 0 Å². The maximum absolute atomic E-state index is 12.7. The van der Waals surface area contributed by atoms with Gasteiger partial charge in [0.2, 0.25) is 10.0 Å². The molecule has 112 valence electrons. The molecule has 0 radical (unpaired) electrons. The van der Waals surface area contributed by atoms with Gasteiger partial charge in [0.1, 0.15) is 4.90 Å². The van der Waals surface area contributed by atoms with Crippen LogP contribution in [0.15, 0.2) is 23.4 Å². The molecule has 7 heteroatoms. The summed E-state index contributed by atoms with van der Waals surface area (Å²) in [5.74, 6) is 0. The van der Waals surface area contributed by atoms with Crippen molar-refractivity contribution in [3.8, 4) is 0 Å². The highest BCUT2D eigenvalue weighted by Gasteiger charge is 2.33. The molecular weight excluding hydrogens is 300 g/mol. The number of rotatable bonds is 5. The first-order valence-electron chi connectivity index (χ1n) is 6.79. The topological polar surface area (TPSA) is 70.5 Å². The Morgan fingerprint density at radius 3 is 2.65 bits per heavy atom. The van der Waals surface area contributed by atoms with Crippen molar-refractivity contribution in [3.63, 3.8) is 0 Å². The van der Waals surface area contributed by atoms with E-state index in [9.17, 15) is 13.5 Å². The summed E-state index contributed by atoms with van der Waals surface area (Å²) in [5.41, 5.74) is 0. The van der Waals surface area contributed by atoms with Gasteiger partial charge in [-0.15, -0.1) is 0 Å². The van der Waals surface area contributed by atoms with Gasteiger partial charge in [0, 0.05) is 25.0 Å². The summed E-state index contributed by atoms with van der Waals surface area (Å²) in [6.07, 6.45) is 7.56. The summed E-state index contributed by atoms with van der Waals surface area (Å²) in [6.45, 7) is -0.105. The summed E-state index contributed by atoms with van der Waals surface area (Å²) in [7, 11) is -3.71. The van der Waals surface area contributed by atoms with Gasteiger partial charge >= 0.3 is 0 Å². The van der Waals surface area contributed by atoms with Gasteiger partial charge in [0.15, 0.2) is 0 Å². The van der Waals surface area contributed by atoms with Crippen LogP contribution in [0.1, 0.15) is 32.1 Å². The molecule has 1 aliphatic carbocycles. The van der Waals surface area contributed by atoms with Gasteiger partial charge in [-0.1, -0.05) is 30.9 Å². The molecule has 1 aromatic heterocycles. The molecule has 1 aliphatic rings. The van der Waals surface area contributed by atoms with Gasteiger partial charge in [-0.25, -0.2) is 8.42 Å². The lowest BCUT2D eigenvalue weighted by Crippen LogP contribution is -2.43. The van der Waals surface area contributed by atoms with Gasteiger partial charge in [0.25, 0.3) is 0 Å². The van der Waals surface area contributed by atoms with Gasteiger partial charge in [-0.3, -0.25) is 4.98 Å². The SMILES string of the molecule is O=S(=O)(c1cnccc1Cl)N(CCO)C1CCCCC1. The van der Waals surface area contributed by atoms with E-state index in [0.29, 0.717) is 0 Å². The van der Waals surface area contributed by atoms with Crippen molar-refractivity contribution in [1.29, 1.82) is 0 Å². The lowest BCUT2D eigenvalue weighted by Gasteiger charge is -2.33. The molecule has 1 N–H and O–H groups in total. The highest BCUT2D eigenvalue weighted by molar-refractivity contribution is 7.89. The Bertz CT molecular complexity index is 544. The number of sulfonamides is 1. The molecule has 1 fully saturated rings. The molecule has 5 nitrogen and oxygen atoms in total. The summed E-state index contributed by atoms with van der Waals surface area (Å²) >= 11 is 5.98. The molecule has 0 bridgehead atoms. The van der Waals surface area contributed by atoms with E-state index in [0.717, 1.165) is 32.1 Å². The van der Waals surface area contributed by atoms with Crippen molar-refractivity contribution in [3.05, 3.63) is 23.5 Å². The molecule has 20 heavy (non-hydrogen) atoms. The zero-order valence-electron chi connectivity index (χ0n) is 11.2. The fraction of sp³-hybridized carbons (Fsp3) is 0.615. The van der Waals surface area contributed by atoms with Gasteiger partial charge in [0.05, 0.1) is 11.6 Å². The van der Waals surface area contributed by atoms with Crippen molar-refractivity contribution in [2.75, 3.05) is 13.2 Å². The minimum atomic E-state index is -3.71. The number of aliphatic hydroxyl groups is 1. The lowest BCUT2D eigenvalue weighted by atomic mass is 9.95. The molecule has 0 unspecified atom stereocenters. The molecular formula is C13H19ClN2O3S. The molecule has 2 rings (SSSR count). The van der Waals surface area contributed by atoms with Crippen LogP contribution in [0.5, 0.6) is 0 Å². The number of hydrogen-bond acceptors (Lipinski definition) is 4. The predicted octanol–water partition coefficient (Wildman–Crippen LogP) is 2.05. The third kappa shape index (κ3) is 3.31. The standard InChI is InChI=1S/C13H19ClN2O3S/c14-12-6-7-15-10-13(12)20(18,19)16(8-9-17)11-4-2-1-3-5-11/h6-7,10-11,17H,1-5,8-9H2. The van der Waals surface area contributed by atoms with E-state index < -0.39 is 10.0 Å². The molecule has 0 amide bonds. The Morgan fingerprint density at radius 2 is 2.05 bits per heavy atom. The van der Waals surface area contributed by atoms with E-state index in [1.807, 2.05) is 0 Å². The summed E-state index contributed by atoms with van der Waals surface area (Å²) in [4.78, 5) is 3.86. The van der Waals surface area contributed by atoms with Crippen LogP contribution < -0.4 is 0 Å². The normalized spacial score (nSPS) is 17.6. The van der Waals surface area contributed by atoms with Crippen molar-refractivity contribution in [2.24, 2.45) is 0 Å². The van der Waals surface area contributed by atoms with E-state index in [1.165, 1.54) is 22.8 Å². The van der Waals surface area contributed by atoms with Crippen LogP contribution in [0.4, 0.5) is 0 Å². The number of nitrogens with zero attached hydrogens (tertiary/aromatic N) is 2. The minimum Gasteiger partial charge on any atom is -0.395 e. The minimum absolute atomic E-state index is 0.0145. The van der Waals surface area contributed by atoms with Crippen LogP contribution in [0, 0.1) is 0 Å². The Balaban J connectivity index is 2.34. The number of hydrogen-bond donors (Lipinski definition) is 1. The molecule has 0 atom stereocenters. The largest absolute Gasteiger partial charge is 0.395 e. The van der Waals surface area contributed by atoms with Crippen LogP contribution in [0.2, 0.25) is 5.02 Å². The van der Waals surface area contributed by atoms with Crippen LogP contribution >= 0.6 is 11.6 Å². The summed E-state index contributed by atoms with van der Waals surface area (Å²) in [6, 6.07) is 1.41. The summed E-state index contributed by atoms with van der Waals surface area (Å²) < 4.78 is 26.8. The Hall–Kier alpha value is -0.690. The van der Waals surface area contributed by atoms with Crippen molar-refractivity contribution in [1.82, 2.24) is 9.29 Å².